The lowest BCUT2D eigenvalue weighted by Gasteiger charge is -2.32. The van der Waals surface area contributed by atoms with Crippen molar-refractivity contribution in [3.05, 3.63) is 35.4 Å². The average Bonchev–Trinajstić information content (AvgIpc) is 3.17. The highest BCUT2D eigenvalue weighted by molar-refractivity contribution is 7.91. The van der Waals surface area contributed by atoms with Crippen molar-refractivity contribution in [1.82, 2.24) is 15.5 Å². The van der Waals surface area contributed by atoms with Crippen molar-refractivity contribution >= 4 is 21.7 Å². The molecule has 1 aromatic rings. The minimum Gasteiger partial charge on any atom is -0.352 e. The van der Waals surface area contributed by atoms with Gasteiger partial charge in [-0.05, 0) is 56.1 Å². The highest BCUT2D eigenvalue weighted by atomic mass is 32.2. The topological polar surface area (TPSA) is 95.6 Å². The van der Waals surface area contributed by atoms with E-state index in [1.165, 1.54) is 11.1 Å². The lowest BCUT2D eigenvalue weighted by molar-refractivity contribution is -0.126. The van der Waals surface area contributed by atoms with Crippen molar-refractivity contribution in [3.8, 4) is 0 Å². The van der Waals surface area contributed by atoms with Crippen LogP contribution < -0.4 is 10.6 Å². The van der Waals surface area contributed by atoms with E-state index in [1.54, 1.807) is 0 Å². The number of fused-ring (bicyclic) bond motifs is 2. The Hall–Kier alpha value is -1.93. The number of carbonyl (C=O) groups excluding carboxylic acids is 2. The molecular weight excluding hydrogens is 426 g/mol. The van der Waals surface area contributed by atoms with Crippen LogP contribution in [-0.4, -0.2) is 54.9 Å². The van der Waals surface area contributed by atoms with Crippen molar-refractivity contribution < 1.29 is 18.0 Å². The van der Waals surface area contributed by atoms with Crippen molar-refractivity contribution in [2.75, 3.05) is 12.3 Å². The molecule has 2 aliphatic heterocycles. The van der Waals surface area contributed by atoms with Gasteiger partial charge in [0.2, 0.25) is 11.8 Å². The van der Waals surface area contributed by atoms with Gasteiger partial charge in [0.15, 0.2) is 9.84 Å². The largest absolute Gasteiger partial charge is 0.352 e. The molecule has 0 aromatic heterocycles. The molecule has 2 N–H and O–H groups in total. The maximum atomic E-state index is 13.3. The summed E-state index contributed by atoms with van der Waals surface area (Å²) in [5.41, 5.74) is 2.45. The van der Waals surface area contributed by atoms with E-state index in [0.717, 1.165) is 25.7 Å². The highest BCUT2D eigenvalue weighted by Gasteiger charge is 2.47. The summed E-state index contributed by atoms with van der Waals surface area (Å²) >= 11 is 0. The van der Waals surface area contributed by atoms with Gasteiger partial charge in [0.1, 0.15) is 5.37 Å². The summed E-state index contributed by atoms with van der Waals surface area (Å²) in [6.45, 7) is 4.23. The molecule has 2 heterocycles. The molecule has 1 aliphatic carbocycles. The second-order valence-corrected chi connectivity index (χ2v) is 11.8. The number of aryl methyl sites for hydroxylation is 1. The summed E-state index contributed by atoms with van der Waals surface area (Å²) in [5, 5.41) is 5.62. The van der Waals surface area contributed by atoms with E-state index < -0.39 is 21.3 Å². The van der Waals surface area contributed by atoms with Gasteiger partial charge in [-0.15, -0.1) is 0 Å². The molecule has 7 nitrogen and oxygen atoms in total. The number of rotatable bonds is 5. The molecule has 1 aromatic carbocycles. The first kappa shape index (κ1) is 23.2. The number of benzene rings is 1. The molecular formula is C24H35N3O4S. The normalized spacial score (nSPS) is 30.4. The third kappa shape index (κ3) is 4.71. The molecule has 32 heavy (non-hydrogen) atoms. The Bertz CT molecular complexity index is 964. The van der Waals surface area contributed by atoms with Gasteiger partial charge < -0.3 is 10.6 Å². The average molecular weight is 462 g/mol. The lowest BCUT2D eigenvalue weighted by atomic mass is 9.87. The van der Waals surface area contributed by atoms with Crippen LogP contribution in [0.15, 0.2) is 24.3 Å². The fourth-order valence-corrected chi connectivity index (χ4v) is 7.38. The standard InChI is InChI=1S/C24H35N3O4S/c1-3-16(2)23(28)25-18-13-14-32(30,31)22-12-11-21(27(22)15-18)24(29)26-20-10-6-8-17-7-4-5-9-19(17)20/h4-5,7,9,16,18,20-22H,3,6,8,10-15H2,1-2H3,(H,25,28)(H,26,29)/t16-,18+,20-,21+,22+/m1/s1. The van der Waals surface area contributed by atoms with Crippen LogP contribution in [0.25, 0.3) is 0 Å². The Morgan fingerprint density at radius 2 is 1.91 bits per heavy atom. The van der Waals surface area contributed by atoms with E-state index >= 15 is 0 Å². The quantitative estimate of drug-likeness (QED) is 0.702. The van der Waals surface area contributed by atoms with Crippen LogP contribution in [-0.2, 0) is 25.8 Å². The molecule has 3 aliphatic rings. The number of nitrogens with one attached hydrogen (secondary N) is 2. The molecule has 5 atom stereocenters. The summed E-state index contributed by atoms with van der Waals surface area (Å²) in [6, 6.07) is 7.45. The van der Waals surface area contributed by atoms with Gasteiger partial charge in [-0.2, -0.15) is 0 Å². The van der Waals surface area contributed by atoms with Crippen molar-refractivity contribution in [3.63, 3.8) is 0 Å². The molecule has 0 radical (unpaired) electrons. The Morgan fingerprint density at radius 1 is 1.12 bits per heavy atom. The van der Waals surface area contributed by atoms with Crippen molar-refractivity contribution in [2.45, 2.75) is 82.3 Å². The summed E-state index contributed by atoms with van der Waals surface area (Å²) in [4.78, 5) is 27.6. The van der Waals surface area contributed by atoms with Crippen LogP contribution in [0.4, 0.5) is 0 Å². The van der Waals surface area contributed by atoms with Crippen LogP contribution in [0, 0.1) is 5.92 Å². The Labute approximate surface area is 191 Å². The van der Waals surface area contributed by atoms with E-state index in [2.05, 4.69) is 22.8 Å². The van der Waals surface area contributed by atoms with Gasteiger partial charge in [-0.25, -0.2) is 8.42 Å². The maximum Gasteiger partial charge on any atom is 0.237 e. The SMILES string of the molecule is CC[C@@H](C)C(=O)N[C@H]1CCS(=O)(=O)[C@H]2CC[C@@H](C(=O)N[C@@H]3CCCc4ccccc43)N2C1. The fourth-order valence-electron chi connectivity index (χ4n) is 5.35. The lowest BCUT2D eigenvalue weighted by Crippen LogP contribution is -2.52. The van der Waals surface area contributed by atoms with E-state index in [-0.39, 0.29) is 35.6 Å². The number of amides is 2. The highest BCUT2D eigenvalue weighted by Crippen LogP contribution is 2.34. The number of sulfone groups is 1. The zero-order valence-electron chi connectivity index (χ0n) is 19.0. The predicted octanol–water partition coefficient (Wildman–Crippen LogP) is 2.32. The first-order valence-corrected chi connectivity index (χ1v) is 13.7. The third-order valence-corrected chi connectivity index (χ3v) is 9.59. The van der Waals surface area contributed by atoms with Gasteiger partial charge >= 0.3 is 0 Å². The molecule has 4 rings (SSSR count). The van der Waals surface area contributed by atoms with E-state index in [4.69, 9.17) is 0 Å². The Kier molecular flexibility index (Phi) is 6.91. The molecule has 2 fully saturated rings. The predicted molar refractivity (Wildman–Crippen MR) is 124 cm³/mol. The third-order valence-electron chi connectivity index (χ3n) is 7.45. The zero-order chi connectivity index (χ0) is 22.9. The number of hydrogen-bond donors (Lipinski definition) is 2. The smallest absolute Gasteiger partial charge is 0.237 e. The molecule has 0 unspecified atom stereocenters. The van der Waals surface area contributed by atoms with Crippen molar-refractivity contribution in [2.24, 2.45) is 5.92 Å². The molecule has 0 bridgehead atoms. The minimum absolute atomic E-state index is 0.0315. The van der Waals surface area contributed by atoms with Crippen LogP contribution >= 0.6 is 0 Å². The van der Waals surface area contributed by atoms with E-state index in [0.29, 0.717) is 25.8 Å². The van der Waals surface area contributed by atoms with Crippen LogP contribution in [0.3, 0.4) is 0 Å². The Morgan fingerprint density at radius 3 is 2.69 bits per heavy atom. The minimum atomic E-state index is -3.34. The Balaban J connectivity index is 1.50. The molecule has 0 spiro atoms. The van der Waals surface area contributed by atoms with Gasteiger partial charge in [-0.3, -0.25) is 14.5 Å². The first-order valence-electron chi connectivity index (χ1n) is 12.0. The van der Waals surface area contributed by atoms with Gasteiger partial charge in [-0.1, -0.05) is 38.1 Å². The van der Waals surface area contributed by atoms with Gasteiger partial charge in [0.05, 0.1) is 17.8 Å². The molecule has 2 amide bonds. The number of carbonyl (C=O) groups is 2. The first-order chi connectivity index (χ1) is 15.3. The molecule has 8 heteroatoms. The maximum absolute atomic E-state index is 13.3. The van der Waals surface area contributed by atoms with Crippen molar-refractivity contribution in [1.29, 1.82) is 0 Å². The second kappa shape index (κ2) is 9.51. The van der Waals surface area contributed by atoms with Crippen LogP contribution in [0.1, 0.15) is 69.5 Å². The summed E-state index contributed by atoms with van der Waals surface area (Å²) in [6.07, 6.45) is 5.06. The summed E-state index contributed by atoms with van der Waals surface area (Å²) in [7, 11) is -3.34. The van der Waals surface area contributed by atoms with Gasteiger partial charge in [0, 0.05) is 18.5 Å². The van der Waals surface area contributed by atoms with Crippen LogP contribution in [0.5, 0.6) is 0 Å². The molecule has 176 valence electrons. The van der Waals surface area contributed by atoms with Gasteiger partial charge in [0.25, 0.3) is 0 Å². The molecule has 2 saturated heterocycles. The van der Waals surface area contributed by atoms with E-state index in [9.17, 15) is 18.0 Å². The fraction of sp³-hybridized carbons (Fsp3) is 0.667. The number of nitrogens with zero attached hydrogens (tertiary/aromatic N) is 1. The van der Waals surface area contributed by atoms with Crippen LogP contribution in [0.2, 0.25) is 0 Å². The monoisotopic (exact) mass is 461 g/mol. The summed E-state index contributed by atoms with van der Waals surface area (Å²) in [5.74, 6) is -0.218. The van der Waals surface area contributed by atoms with E-state index in [1.807, 2.05) is 30.9 Å². The second-order valence-electron chi connectivity index (χ2n) is 9.57. The summed E-state index contributed by atoms with van der Waals surface area (Å²) < 4.78 is 25.9. The molecule has 0 saturated carbocycles. The number of hydrogen-bond acceptors (Lipinski definition) is 5. The zero-order valence-corrected chi connectivity index (χ0v) is 19.9.